The van der Waals surface area contributed by atoms with E-state index >= 15 is 0 Å². The van der Waals surface area contributed by atoms with Crippen molar-refractivity contribution in [1.29, 1.82) is 0 Å². The molecule has 0 radical (unpaired) electrons. The van der Waals surface area contributed by atoms with E-state index < -0.39 is 11.9 Å². The zero-order valence-electron chi connectivity index (χ0n) is 12.4. The first kappa shape index (κ1) is 16.6. The van der Waals surface area contributed by atoms with Crippen LogP contribution in [0.5, 0.6) is 5.75 Å². The molecule has 0 bridgehead atoms. The minimum Gasteiger partial charge on any atom is -0.494 e. The van der Waals surface area contributed by atoms with Crippen molar-refractivity contribution in [2.24, 2.45) is 0 Å². The van der Waals surface area contributed by atoms with Gasteiger partial charge in [0.2, 0.25) is 0 Å². The highest BCUT2D eigenvalue weighted by Gasteiger charge is 2.07. The van der Waals surface area contributed by atoms with E-state index in [4.69, 9.17) is 16.3 Å². The van der Waals surface area contributed by atoms with Crippen LogP contribution >= 0.6 is 11.6 Å². The Bertz CT molecular complexity index is 689. The molecule has 0 spiro atoms. The van der Waals surface area contributed by atoms with Crippen molar-refractivity contribution < 1.29 is 14.3 Å². The van der Waals surface area contributed by atoms with E-state index in [1.807, 2.05) is 6.92 Å². The highest BCUT2D eigenvalue weighted by Crippen LogP contribution is 2.14. The number of halogens is 1. The molecule has 0 unspecified atom stereocenters. The highest BCUT2D eigenvalue weighted by molar-refractivity contribution is 6.30. The predicted molar refractivity (Wildman–Crippen MR) is 88.7 cm³/mol. The topological polar surface area (TPSA) is 79.5 Å². The van der Waals surface area contributed by atoms with Gasteiger partial charge in [-0.2, -0.15) is 0 Å². The lowest BCUT2D eigenvalue weighted by Gasteiger charge is -2.09. The zero-order chi connectivity index (χ0) is 16.7. The molecular weight excluding hydrogens is 318 g/mol. The van der Waals surface area contributed by atoms with E-state index in [2.05, 4.69) is 16.2 Å². The predicted octanol–water partition coefficient (Wildman–Crippen LogP) is 3.21. The summed E-state index contributed by atoms with van der Waals surface area (Å²) < 4.78 is 5.29. The molecular formula is C16H16ClN3O3. The summed E-state index contributed by atoms with van der Waals surface area (Å²) in [7, 11) is 0. The number of hydrazine groups is 1. The smallest absolute Gasteiger partial charge is 0.337 e. The van der Waals surface area contributed by atoms with Gasteiger partial charge in [-0.1, -0.05) is 17.7 Å². The number of carbonyl (C=O) groups is 2. The second kappa shape index (κ2) is 8.05. The summed E-state index contributed by atoms with van der Waals surface area (Å²) in [5, 5.41) is 3.05. The Hall–Kier alpha value is -2.73. The first-order chi connectivity index (χ1) is 11.1. The van der Waals surface area contributed by atoms with Crippen LogP contribution in [0.2, 0.25) is 5.02 Å². The highest BCUT2D eigenvalue weighted by atomic mass is 35.5. The molecule has 0 atom stereocenters. The SMILES string of the molecule is CCOc1ccc(C(=O)NNC(=O)Nc2cccc(Cl)c2)cc1. The van der Waals surface area contributed by atoms with E-state index in [9.17, 15) is 9.59 Å². The Balaban J connectivity index is 1.84. The summed E-state index contributed by atoms with van der Waals surface area (Å²) >= 11 is 5.82. The van der Waals surface area contributed by atoms with Gasteiger partial charge in [-0.3, -0.25) is 10.2 Å². The Morgan fingerprint density at radius 1 is 1.09 bits per heavy atom. The molecule has 6 nitrogen and oxygen atoms in total. The summed E-state index contributed by atoms with van der Waals surface area (Å²) in [4.78, 5) is 23.6. The minimum atomic E-state index is -0.577. The number of urea groups is 1. The number of anilines is 1. The number of carbonyl (C=O) groups excluding carboxylic acids is 2. The van der Waals surface area contributed by atoms with Gasteiger partial charge in [-0.15, -0.1) is 0 Å². The van der Waals surface area contributed by atoms with Gasteiger partial charge in [0.1, 0.15) is 5.75 Å². The molecule has 0 aliphatic heterocycles. The van der Waals surface area contributed by atoms with Crippen LogP contribution in [-0.4, -0.2) is 18.5 Å². The van der Waals surface area contributed by atoms with Gasteiger partial charge in [0.25, 0.3) is 5.91 Å². The zero-order valence-corrected chi connectivity index (χ0v) is 13.2. The van der Waals surface area contributed by atoms with Crippen LogP contribution in [0.4, 0.5) is 10.5 Å². The maximum absolute atomic E-state index is 11.9. The lowest BCUT2D eigenvalue weighted by Crippen LogP contribution is -2.43. The van der Waals surface area contributed by atoms with Crippen molar-refractivity contribution in [3.05, 3.63) is 59.1 Å². The van der Waals surface area contributed by atoms with Crippen molar-refractivity contribution >= 4 is 29.2 Å². The summed E-state index contributed by atoms with van der Waals surface area (Å²) in [5.41, 5.74) is 5.49. The lowest BCUT2D eigenvalue weighted by molar-refractivity contribution is 0.0938. The maximum Gasteiger partial charge on any atom is 0.337 e. The average Bonchev–Trinajstić information content (AvgIpc) is 2.54. The standard InChI is InChI=1S/C16H16ClN3O3/c1-2-23-14-8-6-11(7-9-14)15(21)19-20-16(22)18-13-5-3-4-12(17)10-13/h3-10H,2H2,1H3,(H,19,21)(H2,18,20,22). The molecule has 7 heteroatoms. The number of benzene rings is 2. The third-order valence-electron chi connectivity index (χ3n) is 2.80. The van der Waals surface area contributed by atoms with Crippen LogP contribution in [0.1, 0.15) is 17.3 Å². The molecule has 0 saturated carbocycles. The fraction of sp³-hybridized carbons (Fsp3) is 0.125. The summed E-state index contributed by atoms with van der Waals surface area (Å²) in [6.07, 6.45) is 0. The quantitative estimate of drug-likeness (QED) is 0.752. The van der Waals surface area contributed by atoms with Gasteiger partial charge in [0.15, 0.2) is 0 Å². The molecule has 2 aromatic rings. The second-order valence-electron chi connectivity index (χ2n) is 4.50. The molecule has 3 N–H and O–H groups in total. The molecule has 0 aliphatic rings. The molecule has 23 heavy (non-hydrogen) atoms. The van der Waals surface area contributed by atoms with Gasteiger partial charge in [0.05, 0.1) is 6.61 Å². The molecule has 0 saturated heterocycles. The van der Waals surface area contributed by atoms with Crippen molar-refractivity contribution in [2.45, 2.75) is 6.92 Å². The van der Waals surface area contributed by atoms with Crippen LogP contribution in [-0.2, 0) is 0 Å². The van der Waals surface area contributed by atoms with E-state index in [0.717, 1.165) is 0 Å². The first-order valence-electron chi connectivity index (χ1n) is 6.94. The fourth-order valence-electron chi connectivity index (χ4n) is 1.78. The molecule has 2 rings (SSSR count). The molecule has 2 aromatic carbocycles. The van der Waals surface area contributed by atoms with Gasteiger partial charge < -0.3 is 10.1 Å². The molecule has 3 amide bonds. The monoisotopic (exact) mass is 333 g/mol. The number of hydrogen-bond acceptors (Lipinski definition) is 3. The Morgan fingerprint density at radius 2 is 1.83 bits per heavy atom. The normalized spacial score (nSPS) is 9.83. The van der Waals surface area contributed by atoms with Gasteiger partial charge in [-0.25, -0.2) is 10.2 Å². The minimum absolute atomic E-state index is 0.400. The van der Waals surface area contributed by atoms with Gasteiger partial charge in [-0.05, 0) is 49.4 Å². The van der Waals surface area contributed by atoms with Crippen LogP contribution in [0.3, 0.4) is 0 Å². The summed E-state index contributed by atoms with van der Waals surface area (Å²) in [5.74, 6) is 0.241. The van der Waals surface area contributed by atoms with E-state index in [1.165, 1.54) is 0 Å². The number of hydrogen-bond donors (Lipinski definition) is 3. The first-order valence-corrected chi connectivity index (χ1v) is 7.32. The average molecular weight is 334 g/mol. The molecule has 0 aromatic heterocycles. The van der Waals surface area contributed by atoms with E-state index in [-0.39, 0.29) is 0 Å². The molecule has 0 fully saturated rings. The Morgan fingerprint density at radius 3 is 2.48 bits per heavy atom. The second-order valence-corrected chi connectivity index (χ2v) is 4.94. The number of nitrogens with one attached hydrogen (secondary N) is 3. The van der Waals surface area contributed by atoms with Gasteiger partial charge in [0, 0.05) is 16.3 Å². The van der Waals surface area contributed by atoms with Crippen LogP contribution in [0, 0.1) is 0 Å². The summed E-state index contributed by atoms with van der Waals surface area (Å²) in [6, 6.07) is 12.7. The third-order valence-corrected chi connectivity index (χ3v) is 3.03. The lowest BCUT2D eigenvalue weighted by atomic mass is 10.2. The Labute approximate surface area is 138 Å². The number of rotatable bonds is 4. The van der Waals surface area contributed by atoms with Crippen molar-refractivity contribution in [1.82, 2.24) is 10.9 Å². The van der Waals surface area contributed by atoms with Crippen molar-refractivity contribution in [2.75, 3.05) is 11.9 Å². The summed E-state index contributed by atoms with van der Waals surface area (Å²) in [6.45, 7) is 2.43. The maximum atomic E-state index is 11.9. The van der Waals surface area contributed by atoms with Crippen LogP contribution in [0.15, 0.2) is 48.5 Å². The fourth-order valence-corrected chi connectivity index (χ4v) is 1.97. The molecule has 0 aliphatic carbocycles. The molecule has 0 heterocycles. The third kappa shape index (κ3) is 5.19. The van der Waals surface area contributed by atoms with Crippen molar-refractivity contribution in [3.8, 4) is 5.75 Å². The van der Waals surface area contributed by atoms with Crippen molar-refractivity contribution in [3.63, 3.8) is 0 Å². The van der Waals surface area contributed by atoms with Crippen LogP contribution < -0.4 is 20.9 Å². The largest absolute Gasteiger partial charge is 0.494 e. The number of amides is 3. The van der Waals surface area contributed by atoms with Gasteiger partial charge >= 0.3 is 6.03 Å². The van der Waals surface area contributed by atoms with E-state index in [0.29, 0.717) is 28.6 Å². The Kier molecular flexibility index (Phi) is 5.82. The number of ether oxygens (including phenoxy) is 1. The van der Waals surface area contributed by atoms with E-state index in [1.54, 1.807) is 48.5 Å². The molecule has 120 valence electrons. The van der Waals surface area contributed by atoms with Crippen LogP contribution in [0.25, 0.3) is 0 Å².